The Hall–Kier alpha value is -3.02. The molecule has 0 aliphatic rings. The molecule has 2 aromatic rings. The van der Waals surface area contributed by atoms with Crippen molar-refractivity contribution >= 4 is 17.6 Å². The second-order valence-corrected chi connectivity index (χ2v) is 5.88. The summed E-state index contributed by atoms with van der Waals surface area (Å²) in [7, 11) is 1.51. The van der Waals surface area contributed by atoms with Gasteiger partial charge in [0, 0.05) is 0 Å². The van der Waals surface area contributed by atoms with Crippen molar-refractivity contribution in [2.45, 2.75) is 26.9 Å². The molecule has 138 valence electrons. The average Bonchev–Trinajstić information content (AvgIpc) is 2.62. The Labute approximate surface area is 153 Å². The number of hydrogen-bond acceptors (Lipinski definition) is 5. The fraction of sp³-hybridized carbons (Fsp3) is 0.300. The molecular weight excluding hydrogens is 334 g/mol. The first kappa shape index (κ1) is 19.3. The molecule has 0 aromatic heterocycles. The molecule has 0 bridgehead atoms. The third kappa shape index (κ3) is 5.24. The van der Waals surface area contributed by atoms with Gasteiger partial charge in [-0.3, -0.25) is 4.79 Å². The minimum absolute atomic E-state index is 0.267. The molecule has 1 N–H and O–H groups in total. The zero-order chi connectivity index (χ0) is 19.1. The monoisotopic (exact) mass is 357 g/mol. The minimum Gasteiger partial charge on any atom is -0.495 e. The Bertz CT molecular complexity index is 788. The van der Waals surface area contributed by atoms with Crippen LogP contribution in [0.25, 0.3) is 0 Å². The maximum atomic E-state index is 12.2. The zero-order valence-corrected chi connectivity index (χ0v) is 15.4. The van der Waals surface area contributed by atoms with Crippen LogP contribution < -0.4 is 14.8 Å². The van der Waals surface area contributed by atoms with Crippen molar-refractivity contribution in [2.24, 2.45) is 0 Å². The summed E-state index contributed by atoms with van der Waals surface area (Å²) in [6, 6.07) is 12.7. The molecule has 2 rings (SSSR count). The molecular formula is C20H23NO5. The van der Waals surface area contributed by atoms with Crippen LogP contribution in [0.2, 0.25) is 0 Å². The van der Waals surface area contributed by atoms with Crippen molar-refractivity contribution in [1.29, 1.82) is 0 Å². The Morgan fingerprint density at radius 3 is 2.54 bits per heavy atom. The number of carbonyl (C=O) groups is 2. The average molecular weight is 357 g/mol. The summed E-state index contributed by atoms with van der Waals surface area (Å²) in [5.74, 6) is 0.0777. The summed E-state index contributed by atoms with van der Waals surface area (Å²) in [5.41, 5.74) is 2.46. The number of nitrogens with one attached hydrogen (secondary N) is 1. The third-order valence-corrected chi connectivity index (χ3v) is 3.73. The molecule has 1 amide bonds. The molecule has 6 nitrogen and oxygen atoms in total. The Morgan fingerprint density at radius 1 is 1.08 bits per heavy atom. The summed E-state index contributed by atoms with van der Waals surface area (Å²) in [5, 5.41) is 2.67. The first-order valence-corrected chi connectivity index (χ1v) is 8.24. The third-order valence-electron chi connectivity index (χ3n) is 3.73. The van der Waals surface area contributed by atoms with E-state index in [9.17, 15) is 9.59 Å². The van der Waals surface area contributed by atoms with Gasteiger partial charge < -0.3 is 19.5 Å². The second-order valence-electron chi connectivity index (χ2n) is 5.88. The number of benzene rings is 2. The highest BCUT2D eigenvalue weighted by Gasteiger charge is 2.19. The minimum atomic E-state index is -0.963. The molecule has 26 heavy (non-hydrogen) atoms. The summed E-state index contributed by atoms with van der Waals surface area (Å²) in [4.78, 5) is 24.2. The Morgan fingerprint density at radius 2 is 1.81 bits per heavy atom. The van der Waals surface area contributed by atoms with Gasteiger partial charge in [-0.1, -0.05) is 24.3 Å². The van der Waals surface area contributed by atoms with E-state index in [1.165, 1.54) is 14.0 Å². The van der Waals surface area contributed by atoms with Gasteiger partial charge in [0.15, 0.2) is 12.7 Å². The Kier molecular flexibility index (Phi) is 6.60. The number of esters is 1. The predicted octanol–water partition coefficient (Wildman–Crippen LogP) is 3.26. The number of rotatable bonds is 7. The van der Waals surface area contributed by atoms with Crippen LogP contribution in [0.4, 0.5) is 5.69 Å². The highest BCUT2D eigenvalue weighted by Crippen LogP contribution is 2.23. The van der Waals surface area contributed by atoms with Crippen molar-refractivity contribution in [1.82, 2.24) is 0 Å². The lowest BCUT2D eigenvalue weighted by Crippen LogP contribution is -2.31. The van der Waals surface area contributed by atoms with E-state index in [-0.39, 0.29) is 6.61 Å². The summed E-state index contributed by atoms with van der Waals surface area (Å²) in [6.45, 7) is 5.06. The molecule has 0 fully saturated rings. The lowest BCUT2D eigenvalue weighted by Gasteiger charge is -2.15. The van der Waals surface area contributed by atoms with E-state index in [4.69, 9.17) is 14.2 Å². The molecule has 0 heterocycles. The SMILES string of the molecule is COc1ccccc1NC(=O)[C@H](C)OC(=O)COc1cc(C)ccc1C. The van der Waals surface area contributed by atoms with E-state index >= 15 is 0 Å². The van der Waals surface area contributed by atoms with Gasteiger partial charge in [-0.15, -0.1) is 0 Å². The van der Waals surface area contributed by atoms with Gasteiger partial charge in [-0.2, -0.15) is 0 Å². The molecule has 6 heteroatoms. The van der Waals surface area contributed by atoms with Gasteiger partial charge in [-0.25, -0.2) is 4.79 Å². The van der Waals surface area contributed by atoms with Crippen molar-refractivity contribution < 1.29 is 23.8 Å². The van der Waals surface area contributed by atoms with Gasteiger partial charge in [0.2, 0.25) is 0 Å². The standard InChI is InChI=1S/C20H23NO5/c1-13-9-10-14(2)18(11-13)25-12-19(22)26-15(3)20(23)21-16-7-5-6-8-17(16)24-4/h5-11,15H,12H2,1-4H3,(H,21,23)/t15-/m0/s1. The lowest BCUT2D eigenvalue weighted by molar-refractivity contribution is -0.155. The van der Waals surface area contributed by atoms with Gasteiger partial charge in [0.05, 0.1) is 12.8 Å². The van der Waals surface area contributed by atoms with Crippen molar-refractivity contribution in [3.05, 3.63) is 53.6 Å². The molecule has 0 spiro atoms. The van der Waals surface area contributed by atoms with Crippen molar-refractivity contribution in [3.63, 3.8) is 0 Å². The molecule has 0 saturated carbocycles. The van der Waals surface area contributed by atoms with Gasteiger partial charge >= 0.3 is 5.97 Å². The topological polar surface area (TPSA) is 73.9 Å². The smallest absolute Gasteiger partial charge is 0.344 e. The summed E-state index contributed by atoms with van der Waals surface area (Å²) >= 11 is 0. The zero-order valence-electron chi connectivity index (χ0n) is 15.4. The number of hydrogen-bond donors (Lipinski definition) is 1. The summed E-state index contributed by atoms with van der Waals surface area (Å²) in [6.07, 6.45) is -0.963. The molecule has 0 saturated heterocycles. The molecule has 2 aromatic carbocycles. The highest BCUT2D eigenvalue weighted by atomic mass is 16.6. The number of carbonyl (C=O) groups excluding carboxylic acids is 2. The number of ether oxygens (including phenoxy) is 3. The van der Waals surface area contributed by atoms with Crippen LogP contribution in [0.15, 0.2) is 42.5 Å². The number of aryl methyl sites for hydroxylation is 2. The van der Waals surface area contributed by atoms with E-state index < -0.39 is 18.0 Å². The van der Waals surface area contributed by atoms with E-state index in [0.29, 0.717) is 17.2 Å². The number of amides is 1. The molecule has 0 radical (unpaired) electrons. The van der Waals surface area contributed by atoms with Crippen LogP contribution in [-0.4, -0.2) is 31.7 Å². The van der Waals surface area contributed by atoms with Crippen LogP contribution in [0.1, 0.15) is 18.1 Å². The first-order valence-electron chi connectivity index (χ1n) is 8.24. The second kappa shape index (κ2) is 8.89. The van der Waals surface area contributed by atoms with Crippen LogP contribution in [-0.2, 0) is 14.3 Å². The van der Waals surface area contributed by atoms with E-state index in [1.54, 1.807) is 24.3 Å². The fourth-order valence-corrected chi connectivity index (χ4v) is 2.27. The van der Waals surface area contributed by atoms with Crippen LogP contribution >= 0.6 is 0 Å². The van der Waals surface area contributed by atoms with Gasteiger partial charge in [0.25, 0.3) is 5.91 Å². The normalized spacial score (nSPS) is 11.4. The quantitative estimate of drug-likeness (QED) is 0.770. The van der Waals surface area contributed by atoms with Crippen LogP contribution in [0.3, 0.4) is 0 Å². The van der Waals surface area contributed by atoms with Gasteiger partial charge in [0.1, 0.15) is 11.5 Å². The molecule has 0 aliphatic carbocycles. The van der Waals surface area contributed by atoms with Crippen LogP contribution in [0, 0.1) is 13.8 Å². The van der Waals surface area contributed by atoms with E-state index in [0.717, 1.165) is 11.1 Å². The fourth-order valence-electron chi connectivity index (χ4n) is 2.27. The maximum Gasteiger partial charge on any atom is 0.344 e. The van der Waals surface area contributed by atoms with Crippen molar-refractivity contribution in [2.75, 3.05) is 19.0 Å². The van der Waals surface area contributed by atoms with E-state index in [2.05, 4.69) is 5.32 Å². The maximum absolute atomic E-state index is 12.2. The summed E-state index contributed by atoms with van der Waals surface area (Å²) < 4.78 is 15.8. The number of para-hydroxylation sites is 2. The predicted molar refractivity (Wildman–Crippen MR) is 98.6 cm³/mol. The largest absolute Gasteiger partial charge is 0.495 e. The highest BCUT2D eigenvalue weighted by molar-refractivity contribution is 5.96. The lowest BCUT2D eigenvalue weighted by atomic mass is 10.1. The number of methoxy groups -OCH3 is 1. The number of anilines is 1. The first-order chi connectivity index (χ1) is 12.4. The molecule has 1 atom stereocenters. The van der Waals surface area contributed by atoms with Crippen molar-refractivity contribution in [3.8, 4) is 11.5 Å². The van der Waals surface area contributed by atoms with Gasteiger partial charge in [-0.05, 0) is 50.1 Å². The van der Waals surface area contributed by atoms with E-state index in [1.807, 2.05) is 32.0 Å². The molecule has 0 unspecified atom stereocenters. The van der Waals surface area contributed by atoms with Crippen LogP contribution in [0.5, 0.6) is 11.5 Å². The molecule has 0 aliphatic heterocycles. The Balaban J connectivity index is 1.88.